The van der Waals surface area contributed by atoms with Crippen molar-refractivity contribution in [2.75, 3.05) is 19.5 Å². The lowest BCUT2D eigenvalue weighted by atomic mass is 10.3. The van der Waals surface area contributed by atoms with Gasteiger partial charge in [-0.15, -0.1) is 11.8 Å². The van der Waals surface area contributed by atoms with Gasteiger partial charge in [0, 0.05) is 11.9 Å². The summed E-state index contributed by atoms with van der Waals surface area (Å²) in [5, 5.41) is 0.572. The number of hydrogen-bond donors (Lipinski definition) is 0. The van der Waals surface area contributed by atoms with Crippen molar-refractivity contribution in [2.45, 2.75) is 17.6 Å². The molecule has 0 N–H and O–H groups in total. The van der Waals surface area contributed by atoms with E-state index in [0.29, 0.717) is 17.4 Å². The van der Waals surface area contributed by atoms with Crippen LogP contribution in [0.15, 0.2) is 47.6 Å². The molecule has 1 heterocycles. The summed E-state index contributed by atoms with van der Waals surface area (Å²) in [4.78, 5) is 3.81. The zero-order chi connectivity index (χ0) is 16.7. The van der Waals surface area contributed by atoms with Gasteiger partial charge in [-0.1, -0.05) is 0 Å². The number of rotatable bonds is 7. The van der Waals surface area contributed by atoms with Crippen LogP contribution in [0.25, 0.3) is 0 Å². The fourth-order valence-corrected chi connectivity index (χ4v) is 2.49. The predicted octanol–water partition coefficient (Wildman–Crippen LogP) is 4.67. The van der Waals surface area contributed by atoms with Crippen LogP contribution >= 0.6 is 11.8 Å². The van der Waals surface area contributed by atoms with E-state index < -0.39 is 11.7 Å². The normalized spacial score (nSPS) is 11.3. The van der Waals surface area contributed by atoms with Crippen molar-refractivity contribution in [1.82, 2.24) is 4.98 Å². The van der Waals surface area contributed by atoms with Crippen LogP contribution in [-0.4, -0.2) is 24.5 Å². The minimum Gasteiger partial charge on any atom is -0.497 e. The minimum absolute atomic E-state index is 0.528. The maximum Gasteiger partial charge on any atom is 0.417 e. The van der Waals surface area contributed by atoms with E-state index in [2.05, 4.69) is 4.98 Å². The molecule has 1 aromatic heterocycles. The molecule has 3 nitrogen and oxygen atoms in total. The summed E-state index contributed by atoms with van der Waals surface area (Å²) in [6.45, 7) is 0.528. The number of ether oxygens (including phenoxy) is 2. The van der Waals surface area contributed by atoms with Crippen LogP contribution in [0.2, 0.25) is 0 Å². The van der Waals surface area contributed by atoms with Gasteiger partial charge in [0.05, 0.1) is 24.3 Å². The molecule has 7 heteroatoms. The van der Waals surface area contributed by atoms with Gasteiger partial charge < -0.3 is 9.47 Å². The lowest BCUT2D eigenvalue weighted by molar-refractivity contribution is -0.137. The highest BCUT2D eigenvalue weighted by Crippen LogP contribution is 2.29. The average Bonchev–Trinajstić information content (AvgIpc) is 2.55. The number of thioether (sulfide) groups is 1. The van der Waals surface area contributed by atoms with E-state index in [1.807, 2.05) is 24.3 Å². The molecule has 0 bridgehead atoms. The highest BCUT2D eigenvalue weighted by atomic mass is 32.2. The number of halogens is 3. The van der Waals surface area contributed by atoms with E-state index in [1.54, 1.807) is 7.11 Å². The highest BCUT2D eigenvalue weighted by Gasteiger charge is 2.30. The van der Waals surface area contributed by atoms with Gasteiger partial charge >= 0.3 is 6.18 Å². The van der Waals surface area contributed by atoms with Gasteiger partial charge in [0.15, 0.2) is 0 Å². The van der Waals surface area contributed by atoms with Crippen molar-refractivity contribution < 1.29 is 22.6 Å². The second-order valence-electron chi connectivity index (χ2n) is 4.61. The van der Waals surface area contributed by atoms with E-state index in [4.69, 9.17) is 9.47 Å². The van der Waals surface area contributed by atoms with Crippen LogP contribution in [0, 0.1) is 0 Å². The second kappa shape index (κ2) is 8.10. The molecule has 0 saturated carbocycles. The van der Waals surface area contributed by atoms with E-state index >= 15 is 0 Å². The monoisotopic (exact) mass is 343 g/mol. The van der Waals surface area contributed by atoms with Crippen molar-refractivity contribution in [3.05, 3.63) is 48.2 Å². The molecule has 0 aliphatic carbocycles. The standard InChI is InChI=1S/C16H16F3NO2S/c1-21-13-4-6-14(7-5-13)22-9-2-10-23-15-8-3-12(11-20-15)16(17,18)19/h3-8,11H,2,9-10H2,1H3. The zero-order valence-corrected chi connectivity index (χ0v) is 13.3. The van der Waals surface area contributed by atoms with E-state index in [1.165, 1.54) is 17.8 Å². The van der Waals surface area contributed by atoms with Crippen LogP contribution in [0.5, 0.6) is 11.5 Å². The molecule has 23 heavy (non-hydrogen) atoms. The smallest absolute Gasteiger partial charge is 0.417 e. The third kappa shape index (κ3) is 5.67. The van der Waals surface area contributed by atoms with Crippen LogP contribution < -0.4 is 9.47 Å². The van der Waals surface area contributed by atoms with Gasteiger partial charge in [-0.3, -0.25) is 0 Å². The number of pyridine rings is 1. The maximum absolute atomic E-state index is 12.4. The van der Waals surface area contributed by atoms with Crippen molar-refractivity contribution in [3.63, 3.8) is 0 Å². The van der Waals surface area contributed by atoms with E-state index in [-0.39, 0.29) is 0 Å². The van der Waals surface area contributed by atoms with E-state index in [0.717, 1.165) is 30.2 Å². The average molecular weight is 343 g/mol. The third-order valence-electron chi connectivity index (χ3n) is 2.93. The molecule has 0 aliphatic heterocycles. The lowest BCUT2D eigenvalue weighted by Gasteiger charge is -2.08. The molecule has 124 valence electrons. The fraction of sp³-hybridized carbons (Fsp3) is 0.312. The molecule has 0 aliphatic rings. The van der Waals surface area contributed by atoms with Crippen LogP contribution in [0.3, 0.4) is 0 Å². The predicted molar refractivity (Wildman–Crippen MR) is 83.1 cm³/mol. The van der Waals surface area contributed by atoms with Crippen LogP contribution in [0.4, 0.5) is 13.2 Å². The molecule has 0 fully saturated rings. The lowest BCUT2D eigenvalue weighted by Crippen LogP contribution is -2.05. The summed E-state index contributed by atoms with van der Waals surface area (Å²) < 4.78 is 47.9. The summed E-state index contributed by atoms with van der Waals surface area (Å²) in [5.41, 5.74) is -0.732. The Morgan fingerprint density at radius 1 is 1.04 bits per heavy atom. The fourth-order valence-electron chi connectivity index (χ4n) is 1.73. The van der Waals surface area contributed by atoms with Crippen molar-refractivity contribution in [1.29, 1.82) is 0 Å². The Hall–Kier alpha value is -1.89. The number of alkyl halides is 3. The Morgan fingerprint density at radius 2 is 1.74 bits per heavy atom. The topological polar surface area (TPSA) is 31.4 Å². The first-order valence-electron chi connectivity index (χ1n) is 6.92. The van der Waals surface area contributed by atoms with Gasteiger partial charge in [0.25, 0.3) is 0 Å². The number of benzene rings is 1. The minimum atomic E-state index is -4.34. The Kier molecular flexibility index (Phi) is 6.15. The van der Waals surface area contributed by atoms with Gasteiger partial charge in [-0.2, -0.15) is 13.2 Å². The molecule has 0 amide bonds. The summed E-state index contributed by atoms with van der Waals surface area (Å²) in [6.07, 6.45) is -2.72. The largest absolute Gasteiger partial charge is 0.497 e. The molecule has 0 spiro atoms. The maximum atomic E-state index is 12.4. The molecular weight excluding hydrogens is 327 g/mol. The Labute approximate surface area is 136 Å². The van der Waals surface area contributed by atoms with Crippen molar-refractivity contribution in [2.24, 2.45) is 0 Å². The summed E-state index contributed by atoms with van der Waals surface area (Å²) in [6, 6.07) is 9.71. The first-order valence-corrected chi connectivity index (χ1v) is 7.90. The molecule has 0 saturated heterocycles. The van der Waals surface area contributed by atoms with Gasteiger partial charge in [0.2, 0.25) is 0 Å². The SMILES string of the molecule is COc1ccc(OCCCSc2ccc(C(F)(F)F)cn2)cc1. The molecule has 2 rings (SSSR count). The molecule has 0 unspecified atom stereocenters. The molecule has 1 aromatic carbocycles. The summed E-state index contributed by atoms with van der Waals surface area (Å²) >= 11 is 1.40. The third-order valence-corrected chi connectivity index (χ3v) is 3.96. The first kappa shape index (κ1) is 17.5. The van der Waals surface area contributed by atoms with Crippen LogP contribution in [0.1, 0.15) is 12.0 Å². The van der Waals surface area contributed by atoms with Crippen LogP contribution in [-0.2, 0) is 6.18 Å². The number of hydrogen-bond acceptors (Lipinski definition) is 4. The Balaban J connectivity index is 1.68. The quantitative estimate of drug-likeness (QED) is 0.540. The van der Waals surface area contributed by atoms with Crippen molar-refractivity contribution >= 4 is 11.8 Å². The van der Waals surface area contributed by atoms with Crippen molar-refractivity contribution in [3.8, 4) is 11.5 Å². The number of methoxy groups -OCH3 is 1. The molecule has 0 atom stereocenters. The van der Waals surface area contributed by atoms with Gasteiger partial charge in [0.1, 0.15) is 11.5 Å². The first-order chi connectivity index (χ1) is 11.0. The second-order valence-corrected chi connectivity index (χ2v) is 5.72. The number of aromatic nitrogens is 1. The molecule has 2 aromatic rings. The van der Waals surface area contributed by atoms with E-state index in [9.17, 15) is 13.2 Å². The summed E-state index contributed by atoms with van der Waals surface area (Å²) in [7, 11) is 1.60. The molecular formula is C16H16F3NO2S. The number of nitrogens with zero attached hydrogens (tertiary/aromatic N) is 1. The Morgan fingerprint density at radius 3 is 2.30 bits per heavy atom. The molecule has 0 radical (unpaired) electrons. The Bertz CT molecular complexity index is 600. The van der Waals surface area contributed by atoms with Gasteiger partial charge in [-0.25, -0.2) is 4.98 Å². The zero-order valence-electron chi connectivity index (χ0n) is 12.5. The summed E-state index contributed by atoms with van der Waals surface area (Å²) in [5.74, 6) is 2.24. The highest BCUT2D eigenvalue weighted by molar-refractivity contribution is 7.99. The van der Waals surface area contributed by atoms with Gasteiger partial charge in [-0.05, 0) is 42.8 Å².